The van der Waals surface area contributed by atoms with E-state index in [1.54, 1.807) is 12.1 Å². The second-order valence-electron chi connectivity index (χ2n) is 6.29. The second kappa shape index (κ2) is 7.83. The number of aryl methyl sites for hydroxylation is 1. The smallest absolute Gasteiger partial charge is 0.253 e. The molecule has 0 saturated heterocycles. The Kier molecular flexibility index (Phi) is 5.52. The zero-order valence-electron chi connectivity index (χ0n) is 14.6. The molecular weight excluding hydrogens is 344 g/mol. The predicted octanol–water partition coefficient (Wildman–Crippen LogP) is 3.52. The highest BCUT2D eigenvalue weighted by atomic mass is 32.2. The van der Waals surface area contributed by atoms with Gasteiger partial charge in [-0.3, -0.25) is 5.84 Å². The summed E-state index contributed by atoms with van der Waals surface area (Å²) in [6, 6.07) is 25.5. The van der Waals surface area contributed by atoms with E-state index in [1.165, 1.54) is 5.56 Å². The average molecular weight is 366 g/mol. The van der Waals surface area contributed by atoms with E-state index in [0.29, 0.717) is 0 Å². The van der Waals surface area contributed by atoms with Crippen molar-refractivity contribution in [2.45, 2.75) is 24.2 Å². The van der Waals surface area contributed by atoms with Gasteiger partial charge in [-0.25, -0.2) is 8.42 Å². The van der Waals surface area contributed by atoms with Gasteiger partial charge < -0.3 is 0 Å². The molecule has 3 aromatic rings. The summed E-state index contributed by atoms with van der Waals surface area (Å²) >= 11 is 0. The molecule has 0 aromatic heterocycles. The van der Waals surface area contributed by atoms with Crippen LogP contribution in [0.4, 0.5) is 0 Å². The van der Waals surface area contributed by atoms with Crippen LogP contribution in [0.1, 0.15) is 28.2 Å². The molecule has 1 atom stereocenters. The molecule has 0 radical (unpaired) electrons. The number of hydrogen-bond donors (Lipinski definition) is 2. The van der Waals surface area contributed by atoms with Crippen LogP contribution in [0.15, 0.2) is 83.8 Å². The van der Waals surface area contributed by atoms with E-state index in [0.717, 1.165) is 23.1 Å². The molecule has 1 unspecified atom stereocenters. The molecular formula is C21H22N2O2S. The third-order valence-corrected chi connectivity index (χ3v) is 5.76. The largest absolute Gasteiger partial charge is 0.257 e. The number of nitrogens with two attached hydrogens (primary N) is 1. The number of nitrogens with one attached hydrogen (secondary N) is 1. The molecule has 0 aliphatic heterocycles. The van der Waals surface area contributed by atoms with E-state index < -0.39 is 10.0 Å². The fraction of sp³-hybridized carbons (Fsp3) is 0.143. The fourth-order valence-corrected chi connectivity index (χ4v) is 3.84. The van der Waals surface area contributed by atoms with Gasteiger partial charge in [0.2, 0.25) is 0 Å². The van der Waals surface area contributed by atoms with Crippen LogP contribution >= 0.6 is 0 Å². The summed E-state index contributed by atoms with van der Waals surface area (Å²) < 4.78 is 24.3. The van der Waals surface area contributed by atoms with Gasteiger partial charge in [0.05, 0.1) is 4.90 Å². The quantitative estimate of drug-likeness (QED) is 0.518. The lowest BCUT2D eigenvalue weighted by atomic mass is 9.84. The van der Waals surface area contributed by atoms with Gasteiger partial charge >= 0.3 is 0 Å². The molecule has 0 aliphatic carbocycles. The lowest BCUT2D eigenvalue weighted by molar-refractivity contribution is 0.584. The van der Waals surface area contributed by atoms with Crippen molar-refractivity contribution < 1.29 is 8.42 Å². The first-order valence-corrected chi connectivity index (χ1v) is 9.91. The monoisotopic (exact) mass is 366 g/mol. The molecule has 4 nitrogen and oxygen atoms in total. The van der Waals surface area contributed by atoms with Gasteiger partial charge in [0, 0.05) is 5.92 Å². The maximum absolute atomic E-state index is 12.1. The topological polar surface area (TPSA) is 72.2 Å². The molecule has 0 bridgehead atoms. The van der Waals surface area contributed by atoms with Crippen LogP contribution in [0.25, 0.3) is 0 Å². The zero-order chi connectivity index (χ0) is 18.6. The Bertz CT molecular complexity index is 971. The molecule has 26 heavy (non-hydrogen) atoms. The van der Waals surface area contributed by atoms with E-state index in [9.17, 15) is 8.42 Å². The molecule has 0 amide bonds. The van der Waals surface area contributed by atoms with Gasteiger partial charge in [-0.05, 0) is 47.7 Å². The summed E-state index contributed by atoms with van der Waals surface area (Å²) in [5.74, 6) is 5.25. The maximum atomic E-state index is 12.1. The predicted molar refractivity (Wildman–Crippen MR) is 104 cm³/mol. The zero-order valence-corrected chi connectivity index (χ0v) is 15.4. The standard InChI is InChI=1S/C21H22N2O2S/c1-16-12-13-19(26(24,25)23-22)15-20(16)21(18-10-6-3-7-11-18)14-17-8-4-2-5-9-17/h2-13,15,21,23H,14,22H2,1H3. The third-order valence-electron chi connectivity index (χ3n) is 4.58. The summed E-state index contributed by atoms with van der Waals surface area (Å²) in [5, 5.41) is 0. The Hall–Kier alpha value is -2.47. The van der Waals surface area contributed by atoms with Crippen molar-refractivity contribution in [1.29, 1.82) is 0 Å². The summed E-state index contributed by atoms with van der Waals surface area (Å²) in [7, 11) is -3.70. The van der Waals surface area contributed by atoms with Crippen LogP contribution in [0.2, 0.25) is 0 Å². The van der Waals surface area contributed by atoms with Crippen molar-refractivity contribution in [3.05, 3.63) is 101 Å². The van der Waals surface area contributed by atoms with Crippen LogP contribution < -0.4 is 10.7 Å². The summed E-state index contributed by atoms with van der Waals surface area (Å²) in [5.41, 5.74) is 4.38. The average Bonchev–Trinajstić information content (AvgIpc) is 2.68. The van der Waals surface area contributed by atoms with Gasteiger partial charge in [0.25, 0.3) is 10.0 Å². The Labute approximate surface area is 154 Å². The molecule has 3 aromatic carbocycles. The molecule has 0 saturated carbocycles. The minimum Gasteiger partial charge on any atom is -0.257 e. The minimum absolute atomic E-state index is 0.0477. The molecule has 0 spiro atoms. The van der Waals surface area contributed by atoms with Crippen molar-refractivity contribution >= 4 is 10.0 Å². The maximum Gasteiger partial charge on any atom is 0.253 e. The van der Waals surface area contributed by atoms with Gasteiger partial charge in [-0.1, -0.05) is 66.7 Å². The van der Waals surface area contributed by atoms with Crippen molar-refractivity contribution in [2.75, 3.05) is 0 Å². The first kappa shape index (κ1) is 18.3. The highest BCUT2D eigenvalue weighted by Gasteiger charge is 2.20. The van der Waals surface area contributed by atoms with Crippen LogP contribution in [0, 0.1) is 6.92 Å². The van der Waals surface area contributed by atoms with Crippen molar-refractivity contribution in [2.24, 2.45) is 5.84 Å². The van der Waals surface area contributed by atoms with Gasteiger partial charge in [-0.2, -0.15) is 4.83 Å². The van der Waals surface area contributed by atoms with E-state index in [1.807, 2.05) is 54.2 Å². The van der Waals surface area contributed by atoms with Crippen molar-refractivity contribution in [3.8, 4) is 0 Å². The van der Waals surface area contributed by atoms with Gasteiger partial charge in [0.15, 0.2) is 0 Å². The van der Waals surface area contributed by atoms with E-state index in [4.69, 9.17) is 5.84 Å². The van der Waals surface area contributed by atoms with Crippen LogP contribution in [0.3, 0.4) is 0 Å². The molecule has 3 rings (SSSR count). The lowest BCUT2D eigenvalue weighted by Gasteiger charge is -2.21. The summed E-state index contributed by atoms with van der Waals surface area (Å²) in [4.78, 5) is 2.08. The number of hydrogen-bond acceptors (Lipinski definition) is 3. The molecule has 0 fully saturated rings. The lowest BCUT2D eigenvalue weighted by Crippen LogP contribution is -2.30. The minimum atomic E-state index is -3.70. The number of hydrazine groups is 1. The highest BCUT2D eigenvalue weighted by Crippen LogP contribution is 2.32. The van der Waals surface area contributed by atoms with Crippen molar-refractivity contribution in [1.82, 2.24) is 4.83 Å². The summed E-state index contributed by atoms with van der Waals surface area (Å²) in [6.07, 6.45) is 0.783. The fourth-order valence-electron chi connectivity index (χ4n) is 3.17. The molecule has 134 valence electrons. The molecule has 0 heterocycles. The van der Waals surface area contributed by atoms with E-state index in [-0.39, 0.29) is 10.8 Å². The van der Waals surface area contributed by atoms with Crippen LogP contribution in [-0.4, -0.2) is 8.42 Å². The van der Waals surface area contributed by atoms with Crippen LogP contribution in [0.5, 0.6) is 0 Å². The van der Waals surface area contributed by atoms with Crippen molar-refractivity contribution in [3.63, 3.8) is 0 Å². The Morgan fingerprint density at radius 2 is 1.54 bits per heavy atom. The molecule has 0 aliphatic rings. The van der Waals surface area contributed by atoms with Crippen LogP contribution in [-0.2, 0) is 16.4 Å². The highest BCUT2D eigenvalue weighted by molar-refractivity contribution is 7.89. The Morgan fingerprint density at radius 3 is 2.15 bits per heavy atom. The Morgan fingerprint density at radius 1 is 0.923 bits per heavy atom. The Balaban J connectivity index is 2.11. The second-order valence-corrected chi connectivity index (χ2v) is 8.01. The number of sulfonamides is 1. The molecule has 3 N–H and O–H groups in total. The normalized spacial score (nSPS) is 12.7. The van der Waals surface area contributed by atoms with Gasteiger partial charge in [0.1, 0.15) is 0 Å². The number of benzene rings is 3. The first-order valence-electron chi connectivity index (χ1n) is 8.43. The van der Waals surface area contributed by atoms with E-state index >= 15 is 0 Å². The number of rotatable bonds is 6. The SMILES string of the molecule is Cc1ccc(S(=O)(=O)NN)cc1C(Cc1ccccc1)c1ccccc1. The molecule has 5 heteroatoms. The third kappa shape index (κ3) is 4.02. The first-order chi connectivity index (χ1) is 12.5. The summed E-state index contributed by atoms with van der Waals surface area (Å²) in [6.45, 7) is 2.00. The van der Waals surface area contributed by atoms with E-state index in [2.05, 4.69) is 24.3 Å². The van der Waals surface area contributed by atoms with Gasteiger partial charge in [-0.15, -0.1) is 0 Å².